The lowest BCUT2D eigenvalue weighted by Crippen LogP contribution is -2.54. The van der Waals surface area contributed by atoms with Crippen molar-refractivity contribution in [1.29, 1.82) is 0 Å². The van der Waals surface area contributed by atoms with E-state index in [4.69, 9.17) is 42.1 Å². The molecule has 0 aliphatic carbocycles. The molecule has 0 aromatic heterocycles. The van der Waals surface area contributed by atoms with Gasteiger partial charge in [0.15, 0.2) is 0 Å². The molecular formula is C53H63F3N10O20S. The van der Waals surface area contributed by atoms with Crippen LogP contribution in [0.4, 0.5) is 22.8 Å². The van der Waals surface area contributed by atoms with Crippen molar-refractivity contribution < 1.29 is 109 Å². The van der Waals surface area contributed by atoms with Crippen molar-refractivity contribution in [1.82, 2.24) is 47.9 Å². The van der Waals surface area contributed by atoms with Crippen molar-refractivity contribution in [3.05, 3.63) is 70.8 Å². The number of alkyl halides is 3. The van der Waals surface area contributed by atoms with Gasteiger partial charge in [-0.3, -0.25) is 83.3 Å². The van der Waals surface area contributed by atoms with Gasteiger partial charge < -0.3 is 42.4 Å². The highest BCUT2D eigenvalue weighted by Gasteiger charge is 2.48. The van der Waals surface area contributed by atoms with E-state index in [9.17, 15) is 85.1 Å². The van der Waals surface area contributed by atoms with Crippen LogP contribution in [-0.2, 0) is 62.2 Å². The molecule has 6 aliphatic heterocycles. The van der Waals surface area contributed by atoms with Gasteiger partial charge in [-0.25, -0.2) is 14.4 Å². The zero-order valence-corrected chi connectivity index (χ0v) is 48.3. The quantitative estimate of drug-likeness (QED) is 0.134. The summed E-state index contributed by atoms with van der Waals surface area (Å²) in [6, 6.07) is 9.50. The van der Waals surface area contributed by atoms with Crippen LogP contribution in [-0.4, -0.2) is 157 Å². The molecule has 5 atom stereocenters. The van der Waals surface area contributed by atoms with Gasteiger partial charge in [-0.05, 0) is 97.9 Å². The Bertz CT molecular complexity index is 2920. The monoisotopic (exact) mass is 1250 g/mol. The van der Waals surface area contributed by atoms with Gasteiger partial charge in [0.1, 0.15) is 41.3 Å². The Morgan fingerprint density at radius 2 is 0.989 bits per heavy atom. The molecule has 30 nitrogen and oxygen atoms in total. The van der Waals surface area contributed by atoms with Gasteiger partial charge in [-0.2, -0.15) is 22.8 Å². The Hall–Kier alpha value is -9.69. The zero-order chi connectivity index (χ0) is 65.2. The minimum atomic E-state index is -4.54. The van der Waals surface area contributed by atoms with Crippen molar-refractivity contribution in [3.8, 4) is 0 Å². The smallest absolute Gasteiger partial charge is 0.408 e. The van der Waals surface area contributed by atoms with Crippen LogP contribution in [0.1, 0.15) is 147 Å². The minimum Gasteiger partial charge on any atom is -0.480 e. The number of alkyl carbamates (subject to hydrolysis) is 2. The number of imide groups is 5. The summed E-state index contributed by atoms with van der Waals surface area (Å²) in [7, 11) is 0. The van der Waals surface area contributed by atoms with Crippen LogP contribution in [0.2, 0.25) is 0 Å². The molecule has 0 radical (unpaired) electrons. The SMILES string of the molecule is CC(C)(C)OC(=O)NC(CCC(N)=O)C(=O)O.CC(C)(C)OC(=O)NC1CCC(=O)NC1=O.N.O=C1CCC(C(F)(F)F)C(=O)N1.O=C1CCC(N2C(=O)c3ccccc3C2=O)C(=O)N1.O=C1NC(=S)CCC1N1C(=O)c2ccccc2C1=O.O=C=O. The molecule has 6 aliphatic rings. The summed E-state index contributed by atoms with van der Waals surface area (Å²) in [5.41, 5.74) is 4.90. The Morgan fingerprint density at radius 3 is 1.34 bits per heavy atom. The minimum absolute atomic E-state index is 0. The summed E-state index contributed by atoms with van der Waals surface area (Å²) < 4.78 is 45.7. The fraction of sp³-hybridized carbons (Fsp3) is 0.453. The molecule has 14 amide bonds. The number of rotatable bonds is 8. The Balaban J connectivity index is 0.000000368. The number of benzene rings is 2. The molecule has 6 heterocycles. The second-order valence-electron chi connectivity index (χ2n) is 20.8. The molecule has 4 fully saturated rings. The summed E-state index contributed by atoms with van der Waals surface area (Å²) in [6.45, 7) is 10.2. The van der Waals surface area contributed by atoms with E-state index in [0.717, 1.165) is 9.80 Å². The average molecular weight is 1250 g/mol. The van der Waals surface area contributed by atoms with E-state index in [-0.39, 0.29) is 68.5 Å². The normalized spacial score (nSPS) is 19.8. The highest BCUT2D eigenvalue weighted by molar-refractivity contribution is 7.80. The van der Waals surface area contributed by atoms with Crippen LogP contribution in [0.15, 0.2) is 48.5 Å². The van der Waals surface area contributed by atoms with Gasteiger partial charge in [-0.1, -0.05) is 36.5 Å². The number of amides is 14. The number of carboxylic acid groups (broad SMARTS) is 1. The maximum Gasteiger partial charge on any atom is 0.408 e. The summed E-state index contributed by atoms with van der Waals surface area (Å²) in [6.07, 6.45) is -4.91. The predicted octanol–water partition coefficient (Wildman–Crippen LogP) is 1.70. The zero-order valence-electron chi connectivity index (χ0n) is 47.5. The van der Waals surface area contributed by atoms with Crippen LogP contribution in [0.25, 0.3) is 0 Å². The second-order valence-corrected chi connectivity index (χ2v) is 21.3. The van der Waals surface area contributed by atoms with E-state index >= 15 is 0 Å². The summed E-state index contributed by atoms with van der Waals surface area (Å²) in [4.78, 5) is 189. The first-order valence-electron chi connectivity index (χ1n) is 25.8. The highest BCUT2D eigenvalue weighted by atomic mass is 32.1. The fourth-order valence-electron chi connectivity index (χ4n) is 8.12. The number of nitrogens with one attached hydrogen (secondary N) is 6. The van der Waals surface area contributed by atoms with Gasteiger partial charge in [-0.15, -0.1) is 0 Å². The Labute approximate surface area is 497 Å². The molecule has 0 bridgehead atoms. The van der Waals surface area contributed by atoms with Gasteiger partial charge >= 0.3 is 30.5 Å². The molecule has 5 unspecified atom stereocenters. The molecule has 12 N–H and O–H groups in total. The lowest BCUT2D eigenvalue weighted by Gasteiger charge is -2.28. The highest BCUT2D eigenvalue weighted by Crippen LogP contribution is 2.32. The number of hydrogen-bond donors (Lipinski definition) is 9. The van der Waals surface area contributed by atoms with Gasteiger partial charge in [0.25, 0.3) is 23.6 Å². The summed E-state index contributed by atoms with van der Waals surface area (Å²) >= 11 is 4.92. The molecular weight excluding hydrogens is 1190 g/mol. The first-order chi connectivity index (χ1) is 39.9. The van der Waals surface area contributed by atoms with Crippen molar-refractivity contribution in [3.63, 3.8) is 0 Å². The first kappa shape index (κ1) is 73.4. The van der Waals surface area contributed by atoms with Crippen LogP contribution in [0, 0.1) is 5.92 Å². The number of nitrogens with zero attached hydrogens (tertiary/aromatic N) is 2. The first-order valence-corrected chi connectivity index (χ1v) is 26.2. The number of ether oxygens (including phenoxy) is 2. The standard InChI is InChI=1S/C13H10N2O4.C13H10N2O3S.C10H18N2O5.C10H16N2O4.C6H6F3NO2.CO2.H3N/c16-10-6-5-9(11(17)14-10)15-12(18)7-3-1-2-4-8(7)13(15)19;16-11-9(5-6-10(19)14-11)15-12(17)7-3-1-2-4-8(7)13(15)18;1-10(2,3)17-9(16)12-6(8(14)15)4-5-7(11)13;1-10(2,3)16-9(15)11-6-4-5-7(13)12-8(6)14;7-6(8,9)3-1-2-4(11)10-5(3)12;2-1-3;/h1-4,9H,5-6H2,(H,14,16,17);1-4,9H,5-6H2,(H,14,16,19);6H,4-5H2,1-3H3,(H2,11,13)(H,12,16)(H,14,15);6H,4-5H2,1-3H3,(H,11,15)(H,12,13,14);3H,1-2H2,(H,10,11,12);;1H3. The molecule has 472 valence electrons. The number of carbonyl (C=O) groups is 15. The van der Waals surface area contributed by atoms with E-state index in [1.165, 1.54) is 0 Å². The van der Waals surface area contributed by atoms with Gasteiger partial charge in [0, 0.05) is 32.1 Å². The number of fused-ring (bicyclic) bond motifs is 2. The molecule has 8 rings (SSSR count). The average Bonchev–Trinajstić information content (AvgIpc) is 1.67. The van der Waals surface area contributed by atoms with Crippen LogP contribution >= 0.6 is 12.2 Å². The topological polar surface area (TPSA) is 469 Å². The van der Waals surface area contributed by atoms with E-state index < -0.39 is 125 Å². The molecule has 87 heavy (non-hydrogen) atoms. The lowest BCUT2D eigenvalue weighted by molar-refractivity contribution is -0.192. The molecule has 4 saturated heterocycles. The maximum absolute atomic E-state index is 12.2. The predicted molar refractivity (Wildman–Crippen MR) is 291 cm³/mol. The van der Waals surface area contributed by atoms with Crippen molar-refractivity contribution in [2.45, 2.75) is 147 Å². The largest absolute Gasteiger partial charge is 0.480 e. The van der Waals surface area contributed by atoms with Crippen molar-refractivity contribution in [2.24, 2.45) is 11.7 Å². The van der Waals surface area contributed by atoms with E-state index in [2.05, 4.69) is 26.6 Å². The number of carbonyl (C=O) groups excluding carboxylic acids is 16. The molecule has 34 heteroatoms. The number of aliphatic carboxylic acids is 1. The number of nitrogens with two attached hydrogens (primary N) is 1. The van der Waals surface area contributed by atoms with Crippen molar-refractivity contribution in [2.75, 3.05) is 0 Å². The number of piperidine rings is 4. The van der Waals surface area contributed by atoms with E-state index in [1.54, 1.807) is 95.4 Å². The Morgan fingerprint density at radius 1 is 0.621 bits per heavy atom. The number of thiocarbonyl (C=S) groups is 1. The van der Waals surface area contributed by atoms with E-state index in [1.807, 2.05) is 0 Å². The fourth-order valence-corrected chi connectivity index (χ4v) is 8.34. The van der Waals surface area contributed by atoms with Crippen LogP contribution < -0.4 is 43.8 Å². The van der Waals surface area contributed by atoms with Gasteiger partial charge in [0.2, 0.25) is 47.3 Å². The van der Waals surface area contributed by atoms with Gasteiger partial charge in [0.05, 0.1) is 27.2 Å². The number of hydrogen-bond acceptors (Lipinski definition) is 21. The summed E-state index contributed by atoms with van der Waals surface area (Å²) in [5.74, 6) is -9.68. The lowest BCUT2D eigenvalue weighted by atomic mass is 9.98. The molecule has 2 aromatic carbocycles. The number of primary amides is 1. The third-order valence-corrected chi connectivity index (χ3v) is 12.2. The van der Waals surface area contributed by atoms with E-state index in [0.29, 0.717) is 46.5 Å². The molecule has 0 spiro atoms. The van der Waals surface area contributed by atoms with Crippen LogP contribution in [0.5, 0.6) is 0 Å². The molecule has 0 saturated carbocycles. The maximum atomic E-state index is 12.2. The third kappa shape index (κ3) is 22.3. The summed E-state index contributed by atoms with van der Waals surface area (Å²) in [5, 5.41) is 21.8. The van der Waals surface area contributed by atoms with Crippen molar-refractivity contribution >= 4 is 112 Å². The second kappa shape index (κ2) is 32.0. The molecule has 2 aromatic rings. The van der Waals surface area contributed by atoms with Crippen LogP contribution in [0.3, 0.4) is 0 Å². The number of halogens is 3. The number of carboxylic acids is 1. The third-order valence-electron chi connectivity index (χ3n) is 11.9. The Kier molecular flexibility index (Phi) is 27.0.